The highest BCUT2D eigenvalue weighted by Crippen LogP contribution is 2.14. The zero-order chi connectivity index (χ0) is 19.1. The van der Waals surface area contributed by atoms with Crippen LogP contribution < -0.4 is 9.57 Å². The maximum atomic E-state index is 12.2. The van der Waals surface area contributed by atoms with Crippen molar-refractivity contribution in [2.24, 2.45) is 5.10 Å². The minimum atomic E-state index is -3.67. The molecule has 0 saturated heterocycles. The first kappa shape index (κ1) is 18.7. The molecule has 5 nitrogen and oxygen atoms in total. The van der Waals surface area contributed by atoms with Gasteiger partial charge in [0.05, 0.1) is 11.1 Å². The molecule has 0 aliphatic rings. The molecule has 138 valence electrons. The summed E-state index contributed by atoms with van der Waals surface area (Å²) in [5, 5.41) is 3.83. The van der Waals surface area contributed by atoms with Crippen molar-refractivity contribution >= 4 is 16.2 Å². The second-order valence-electron chi connectivity index (χ2n) is 6.01. The Kier molecular flexibility index (Phi) is 5.88. The van der Waals surface area contributed by atoms with Crippen molar-refractivity contribution in [3.05, 3.63) is 95.6 Å². The van der Waals surface area contributed by atoms with E-state index < -0.39 is 10.0 Å². The molecule has 27 heavy (non-hydrogen) atoms. The van der Waals surface area contributed by atoms with E-state index >= 15 is 0 Å². The predicted molar refractivity (Wildman–Crippen MR) is 106 cm³/mol. The van der Waals surface area contributed by atoms with Crippen LogP contribution in [0.5, 0.6) is 5.75 Å². The molecule has 3 aromatic carbocycles. The highest BCUT2D eigenvalue weighted by Gasteiger charge is 2.11. The van der Waals surface area contributed by atoms with Gasteiger partial charge in [-0.05, 0) is 54.4 Å². The van der Waals surface area contributed by atoms with Gasteiger partial charge >= 0.3 is 0 Å². The van der Waals surface area contributed by atoms with E-state index in [9.17, 15) is 8.42 Å². The summed E-state index contributed by atoms with van der Waals surface area (Å²) in [4.78, 5) is 2.39. The van der Waals surface area contributed by atoms with Crippen molar-refractivity contribution in [3.8, 4) is 5.75 Å². The third-order valence-electron chi connectivity index (χ3n) is 3.85. The predicted octanol–water partition coefficient (Wildman–Crippen LogP) is 3.89. The minimum Gasteiger partial charge on any atom is -0.489 e. The maximum Gasteiger partial charge on any atom is 0.276 e. The molecule has 0 aliphatic carbocycles. The molecule has 0 aromatic heterocycles. The van der Waals surface area contributed by atoms with Crippen molar-refractivity contribution < 1.29 is 13.2 Å². The van der Waals surface area contributed by atoms with E-state index in [0.717, 1.165) is 22.4 Å². The maximum absolute atomic E-state index is 12.2. The quantitative estimate of drug-likeness (QED) is 0.499. The third-order valence-corrected chi connectivity index (χ3v) is 5.08. The molecule has 0 amide bonds. The number of rotatable bonds is 7. The second kappa shape index (κ2) is 8.51. The molecule has 0 bridgehead atoms. The summed E-state index contributed by atoms with van der Waals surface area (Å²) in [6, 6.07) is 23.7. The van der Waals surface area contributed by atoms with Crippen LogP contribution in [0.15, 0.2) is 88.9 Å². The van der Waals surface area contributed by atoms with Gasteiger partial charge in [0, 0.05) is 0 Å². The summed E-state index contributed by atoms with van der Waals surface area (Å²) in [7, 11) is -3.67. The Morgan fingerprint density at radius 2 is 1.59 bits per heavy atom. The van der Waals surface area contributed by atoms with Gasteiger partial charge in [-0.1, -0.05) is 48.0 Å². The van der Waals surface area contributed by atoms with Crippen molar-refractivity contribution in [2.45, 2.75) is 18.4 Å². The molecule has 0 radical (unpaired) electrons. The molecule has 3 aromatic rings. The number of hydrogen-bond acceptors (Lipinski definition) is 4. The Morgan fingerprint density at radius 3 is 2.26 bits per heavy atom. The molecular formula is C21H20N2O3S. The molecule has 0 spiro atoms. The molecule has 0 aliphatic heterocycles. The highest BCUT2D eigenvalue weighted by atomic mass is 32.2. The number of ether oxygens (including phenoxy) is 1. The van der Waals surface area contributed by atoms with Gasteiger partial charge in [-0.3, -0.25) is 0 Å². The third kappa shape index (κ3) is 5.43. The molecular weight excluding hydrogens is 360 g/mol. The van der Waals surface area contributed by atoms with Gasteiger partial charge in [0.15, 0.2) is 0 Å². The highest BCUT2D eigenvalue weighted by molar-refractivity contribution is 7.89. The average molecular weight is 380 g/mol. The van der Waals surface area contributed by atoms with E-state index in [1.54, 1.807) is 24.3 Å². The Labute approximate surface area is 159 Å². The number of benzene rings is 3. The summed E-state index contributed by atoms with van der Waals surface area (Å²) in [6.07, 6.45) is 1.45. The number of aryl methyl sites for hydroxylation is 1. The lowest BCUT2D eigenvalue weighted by Gasteiger charge is -2.06. The lowest BCUT2D eigenvalue weighted by molar-refractivity contribution is 0.306. The minimum absolute atomic E-state index is 0.176. The fourth-order valence-electron chi connectivity index (χ4n) is 2.33. The first-order chi connectivity index (χ1) is 13.0. The second-order valence-corrected chi connectivity index (χ2v) is 7.67. The van der Waals surface area contributed by atoms with Crippen molar-refractivity contribution in [2.75, 3.05) is 0 Å². The number of nitrogens with zero attached hydrogens (tertiary/aromatic N) is 1. The van der Waals surface area contributed by atoms with Crippen LogP contribution in [0, 0.1) is 6.92 Å². The van der Waals surface area contributed by atoms with Crippen LogP contribution in [-0.4, -0.2) is 14.6 Å². The summed E-state index contributed by atoms with van der Waals surface area (Å²) >= 11 is 0. The molecule has 0 fully saturated rings. The molecule has 0 heterocycles. The number of sulfonamides is 1. The molecule has 0 atom stereocenters. The lowest BCUT2D eigenvalue weighted by atomic mass is 10.2. The van der Waals surface area contributed by atoms with Crippen LogP contribution in [0.4, 0.5) is 0 Å². The normalized spacial score (nSPS) is 11.4. The Hall–Kier alpha value is -3.12. The summed E-state index contributed by atoms with van der Waals surface area (Å²) < 4.78 is 30.0. The van der Waals surface area contributed by atoms with E-state index in [2.05, 4.69) is 9.93 Å². The van der Waals surface area contributed by atoms with Crippen LogP contribution in [-0.2, 0) is 16.6 Å². The van der Waals surface area contributed by atoms with Crippen molar-refractivity contribution in [1.29, 1.82) is 0 Å². The monoisotopic (exact) mass is 380 g/mol. The van der Waals surface area contributed by atoms with Gasteiger partial charge < -0.3 is 4.74 Å². The molecule has 0 unspecified atom stereocenters. The van der Waals surface area contributed by atoms with Gasteiger partial charge in [-0.25, -0.2) is 4.83 Å². The molecule has 3 rings (SSSR count). The largest absolute Gasteiger partial charge is 0.489 e. The van der Waals surface area contributed by atoms with Crippen LogP contribution in [0.2, 0.25) is 0 Å². The van der Waals surface area contributed by atoms with E-state index in [4.69, 9.17) is 4.74 Å². The number of hydrogen-bond donors (Lipinski definition) is 1. The SMILES string of the molecule is Cc1ccc(S(=O)(=O)N/N=C/c2ccc(OCc3ccccc3)cc2)cc1. The summed E-state index contributed by atoms with van der Waals surface area (Å²) in [5.41, 5.74) is 2.84. The van der Waals surface area contributed by atoms with E-state index in [1.807, 2.05) is 61.5 Å². The van der Waals surface area contributed by atoms with Crippen LogP contribution >= 0.6 is 0 Å². The summed E-state index contributed by atoms with van der Waals surface area (Å²) in [5.74, 6) is 0.733. The molecule has 6 heteroatoms. The van der Waals surface area contributed by atoms with Crippen molar-refractivity contribution in [1.82, 2.24) is 4.83 Å². The lowest BCUT2D eigenvalue weighted by Crippen LogP contribution is -2.18. The average Bonchev–Trinajstić information content (AvgIpc) is 2.68. The van der Waals surface area contributed by atoms with E-state index in [-0.39, 0.29) is 4.90 Å². The van der Waals surface area contributed by atoms with Gasteiger partial charge in [0.2, 0.25) is 0 Å². The van der Waals surface area contributed by atoms with Gasteiger partial charge in [0.25, 0.3) is 10.0 Å². The fourth-order valence-corrected chi connectivity index (χ4v) is 3.12. The zero-order valence-electron chi connectivity index (χ0n) is 14.9. The first-order valence-electron chi connectivity index (χ1n) is 8.41. The Bertz CT molecular complexity index is 998. The van der Waals surface area contributed by atoms with Crippen LogP contribution in [0.25, 0.3) is 0 Å². The standard InChI is InChI=1S/C21H20N2O3S/c1-17-7-13-21(14-8-17)27(24,25)23-22-15-18-9-11-20(12-10-18)26-16-19-5-3-2-4-6-19/h2-15,23H,16H2,1H3/b22-15+. The van der Waals surface area contributed by atoms with E-state index in [1.165, 1.54) is 6.21 Å². The van der Waals surface area contributed by atoms with Crippen LogP contribution in [0.3, 0.4) is 0 Å². The van der Waals surface area contributed by atoms with Gasteiger partial charge in [0.1, 0.15) is 12.4 Å². The topological polar surface area (TPSA) is 67.8 Å². The number of nitrogens with one attached hydrogen (secondary N) is 1. The van der Waals surface area contributed by atoms with Gasteiger partial charge in [-0.2, -0.15) is 13.5 Å². The molecule has 0 saturated carbocycles. The number of hydrazone groups is 1. The zero-order valence-corrected chi connectivity index (χ0v) is 15.7. The van der Waals surface area contributed by atoms with Crippen LogP contribution in [0.1, 0.15) is 16.7 Å². The Morgan fingerprint density at radius 1 is 0.926 bits per heavy atom. The fraction of sp³-hybridized carbons (Fsp3) is 0.0952. The Balaban J connectivity index is 1.56. The van der Waals surface area contributed by atoms with E-state index in [0.29, 0.717) is 6.61 Å². The van der Waals surface area contributed by atoms with Crippen molar-refractivity contribution in [3.63, 3.8) is 0 Å². The first-order valence-corrected chi connectivity index (χ1v) is 9.89. The molecule has 1 N–H and O–H groups in total. The van der Waals surface area contributed by atoms with Gasteiger partial charge in [-0.15, -0.1) is 0 Å². The smallest absolute Gasteiger partial charge is 0.276 e. The summed E-state index contributed by atoms with van der Waals surface area (Å²) in [6.45, 7) is 2.39.